The number of nitrogens with zero attached hydrogens (tertiary/aromatic N) is 2. The maximum Gasteiger partial charge on any atom is 0.251 e. The minimum absolute atomic E-state index is 0.0279. The summed E-state index contributed by atoms with van der Waals surface area (Å²) in [5.74, 6) is 0.146. The van der Waals surface area contributed by atoms with Gasteiger partial charge in [-0.25, -0.2) is 8.78 Å². The molecule has 204 valence electrons. The van der Waals surface area contributed by atoms with Gasteiger partial charge in [0, 0.05) is 51.6 Å². The van der Waals surface area contributed by atoms with Crippen LogP contribution < -0.4 is 10.6 Å². The smallest absolute Gasteiger partial charge is 0.251 e. The molecule has 1 aliphatic heterocycles. The normalized spacial score (nSPS) is 17.2. The van der Waals surface area contributed by atoms with Gasteiger partial charge in [0.1, 0.15) is 11.6 Å². The summed E-state index contributed by atoms with van der Waals surface area (Å²) in [7, 11) is 3.66. The van der Waals surface area contributed by atoms with Crippen molar-refractivity contribution in [1.29, 1.82) is 0 Å². The van der Waals surface area contributed by atoms with Crippen molar-refractivity contribution in [2.24, 2.45) is 5.92 Å². The molecule has 1 saturated heterocycles. The standard InChI is InChI=1S/C14H18FN3O2.C9H11F.C5H11NO/c1-17-6-8-18(9-7-17)13(19)10-16-14(20)11-2-4-12(15)5-3-11;10-9-5-3-8(4-6-9)7-1-2-7;1-3-4-5(7)6-2/h2-5H,6-10H2,1H3,(H,16,20);3,5,7H,1-2,4,6H2;3-4H2,1-2H3,(H,6,7). The third-order valence-electron chi connectivity index (χ3n) is 6.35. The fraction of sp³-hybridized carbons (Fsp3) is 0.536. The Morgan fingerprint density at radius 2 is 1.62 bits per heavy atom. The third-order valence-corrected chi connectivity index (χ3v) is 6.35. The van der Waals surface area contributed by atoms with Gasteiger partial charge in [0.05, 0.1) is 6.54 Å². The molecule has 1 aromatic carbocycles. The lowest BCUT2D eigenvalue weighted by molar-refractivity contribution is -0.131. The molecule has 0 radical (unpaired) electrons. The Hall–Kier alpha value is -3.07. The van der Waals surface area contributed by atoms with Crippen molar-refractivity contribution < 1.29 is 23.2 Å². The molecule has 0 atom stereocenters. The zero-order valence-electron chi connectivity index (χ0n) is 22.2. The summed E-state index contributed by atoms with van der Waals surface area (Å²) in [5, 5.41) is 5.09. The van der Waals surface area contributed by atoms with E-state index in [1.807, 2.05) is 20.0 Å². The second-order valence-corrected chi connectivity index (χ2v) is 9.43. The molecule has 3 amide bonds. The molecule has 37 heavy (non-hydrogen) atoms. The highest BCUT2D eigenvalue weighted by Crippen LogP contribution is 2.40. The molecule has 1 saturated carbocycles. The molecule has 2 N–H and O–H groups in total. The minimum atomic E-state index is -0.393. The fourth-order valence-corrected chi connectivity index (χ4v) is 3.80. The number of rotatable bonds is 6. The first-order valence-electron chi connectivity index (χ1n) is 13.0. The quantitative estimate of drug-likeness (QED) is 0.600. The molecule has 0 spiro atoms. The number of carbonyl (C=O) groups excluding carboxylic acids is 3. The van der Waals surface area contributed by atoms with E-state index >= 15 is 0 Å². The summed E-state index contributed by atoms with van der Waals surface area (Å²) in [4.78, 5) is 37.9. The SMILES string of the molecule is CCCC(=O)NC.CN1CCN(C(=O)CNC(=O)c2ccc(F)cc2)CC1.FC1=CC=C(C2CC2)CC1. The molecule has 9 heteroatoms. The van der Waals surface area contributed by atoms with Crippen molar-refractivity contribution in [1.82, 2.24) is 20.4 Å². The number of amides is 3. The van der Waals surface area contributed by atoms with Crippen LogP contribution in [0, 0.1) is 11.7 Å². The number of carbonyl (C=O) groups is 3. The van der Waals surface area contributed by atoms with Gasteiger partial charge in [-0.15, -0.1) is 0 Å². The molecule has 1 heterocycles. The first-order chi connectivity index (χ1) is 17.7. The minimum Gasteiger partial charge on any atom is -0.359 e. The molecule has 3 aliphatic rings. The lowest BCUT2D eigenvalue weighted by Crippen LogP contribution is -2.50. The Balaban J connectivity index is 0.000000233. The highest BCUT2D eigenvalue weighted by Gasteiger charge is 2.26. The maximum absolute atomic E-state index is 12.7. The Morgan fingerprint density at radius 1 is 0.973 bits per heavy atom. The second kappa shape index (κ2) is 15.9. The number of hydrogen-bond donors (Lipinski definition) is 2. The summed E-state index contributed by atoms with van der Waals surface area (Å²) in [6.45, 7) is 5.01. The molecular weight excluding hydrogens is 478 g/mol. The van der Waals surface area contributed by atoms with Crippen LogP contribution in [0.2, 0.25) is 0 Å². The van der Waals surface area contributed by atoms with Crippen LogP contribution in [0.5, 0.6) is 0 Å². The van der Waals surface area contributed by atoms with Gasteiger partial charge >= 0.3 is 0 Å². The van der Waals surface area contributed by atoms with Crippen LogP contribution in [0.4, 0.5) is 8.78 Å². The van der Waals surface area contributed by atoms with Crippen LogP contribution in [0.1, 0.15) is 55.8 Å². The molecule has 7 nitrogen and oxygen atoms in total. The average Bonchev–Trinajstić information content (AvgIpc) is 3.75. The largest absolute Gasteiger partial charge is 0.359 e. The van der Waals surface area contributed by atoms with E-state index in [-0.39, 0.29) is 30.1 Å². The van der Waals surface area contributed by atoms with E-state index < -0.39 is 5.82 Å². The number of likely N-dealkylation sites (N-methyl/N-ethyl adjacent to an activating group) is 1. The topological polar surface area (TPSA) is 81.8 Å². The van der Waals surface area contributed by atoms with Gasteiger partial charge in [0.25, 0.3) is 5.91 Å². The van der Waals surface area contributed by atoms with Gasteiger partial charge in [-0.2, -0.15) is 0 Å². The molecular formula is C28H40F2N4O3. The van der Waals surface area contributed by atoms with Gasteiger partial charge in [-0.3, -0.25) is 14.4 Å². The van der Waals surface area contributed by atoms with Crippen molar-refractivity contribution in [3.63, 3.8) is 0 Å². The van der Waals surface area contributed by atoms with Crippen molar-refractivity contribution in [2.45, 2.75) is 45.4 Å². The number of allylic oxidation sites excluding steroid dienone is 4. The number of halogens is 2. The Bertz CT molecular complexity index is 951. The van der Waals surface area contributed by atoms with Gasteiger partial charge < -0.3 is 20.4 Å². The van der Waals surface area contributed by atoms with Gasteiger partial charge in [0.2, 0.25) is 11.8 Å². The van der Waals surface area contributed by atoms with Gasteiger partial charge in [-0.05, 0) is 69.0 Å². The van der Waals surface area contributed by atoms with Crippen LogP contribution in [0.3, 0.4) is 0 Å². The fourth-order valence-electron chi connectivity index (χ4n) is 3.80. The number of piperazine rings is 1. The highest BCUT2D eigenvalue weighted by atomic mass is 19.1. The molecule has 0 bridgehead atoms. The zero-order chi connectivity index (χ0) is 27.2. The first-order valence-corrected chi connectivity index (χ1v) is 13.0. The molecule has 1 aromatic rings. The number of hydrogen-bond acceptors (Lipinski definition) is 4. The Kier molecular flexibility index (Phi) is 13.0. The molecule has 0 aromatic heterocycles. The first kappa shape index (κ1) is 30.2. The molecule has 2 fully saturated rings. The highest BCUT2D eigenvalue weighted by molar-refractivity contribution is 5.96. The van der Waals surface area contributed by atoms with E-state index in [1.54, 1.807) is 18.0 Å². The average molecular weight is 519 g/mol. The summed E-state index contributed by atoms with van der Waals surface area (Å²) < 4.78 is 25.2. The van der Waals surface area contributed by atoms with Crippen molar-refractivity contribution in [3.05, 3.63) is 59.2 Å². The monoisotopic (exact) mass is 518 g/mol. The Morgan fingerprint density at radius 3 is 2.11 bits per heavy atom. The summed E-state index contributed by atoms with van der Waals surface area (Å²) in [6.07, 6.45) is 9.45. The number of benzene rings is 1. The third kappa shape index (κ3) is 11.7. The molecule has 0 unspecified atom stereocenters. The van der Waals surface area contributed by atoms with Crippen molar-refractivity contribution >= 4 is 17.7 Å². The predicted molar refractivity (Wildman–Crippen MR) is 141 cm³/mol. The summed E-state index contributed by atoms with van der Waals surface area (Å²) >= 11 is 0. The van der Waals surface area contributed by atoms with E-state index in [0.29, 0.717) is 31.5 Å². The second-order valence-electron chi connectivity index (χ2n) is 9.43. The lowest BCUT2D eigenvalue weighted by atomic mass is 10.0. The van der Waals surface area contributed by atoms with Crippen LogP contribution in [0.25, 0.3) is 0 Å². The predicted octanol–water partition coefficient (Wildman–Crippen LogP) is 3.83. The van der Waals surface area contributed by atoms with Crippen LogP contribution in [-0.2, 0) is 9.59 Å². The van der Waals surface area contributed by atoms with Crippen LogP contribution in [0.15, 0.2) is 47.8 Å². The molecule has 4 rings (SSSR count). The molecule has 2 aliphatic carbocycles. The summed E-state index contributed by atoms with van der Waals surface area (Å²) in [6, 6.07) is 5.23. The van der Waals surface area contributed by atoms with Gasteiger partial charge in [-0.1, -0.05) is 18.6 Å². The van der Waals surface area contributed by atoms with E-state index in [9.17, 15) is 23.2 Å². The van der Waals surface area contributed by atoms with Crippen molar-refractivity contribution in [3.8, 4) is 0 Å². The summed E-state index contributed by atoms with van der Waals surface area (Å²) in [5.41, 5.74) is 1.82. The van der Waals surface area contributed by atoms with E-state index in [0.717, 1.165) is 31.8 Å². The van der Waals surface area contributed by atoms with Crippen molar-refractivity contribution in [2.75, 3.05) is 46.8 Å². The van der Waals surface area contributed by atoms with Gasteiger partial charge in [0.15, 0.2) is 0 Å². The number of nitrogens with one attached hydrogen (secondary N) is 2. The van der Waals surface area contributed by atoms with E-state index in [1.165, 1.54) is 42.7 Å². The maximum atomic E-state index is 12.7. The van der Waals surface area contributed by atoms with Crippen LogP contribution >= 0.6 is 0 Å². The van der Waals surface area contributed by atoms with Crippen LogP contribution in [-0.4, -0.2) is 74.3 Å². The van der Waals surface area contributed by atoms with E-state index in [2.05, 4.69) is 15.5 Å². The van der Waals surface area contributed by atoms with E-state index in [4.69, 9.17) is 0 Å². The zero-order valence-corrected chi connectivity index (χ0v) is 22.2. The lowest BCUT2D eigenvalue weighted by Gasteiger charge is -2.32. The Labute approximate surface area is 219 Å².